The van der Waals surface area contributed by atoms with Gasteiger partial charge in [-0.25, -0.2) is 4.98 Å². The van der Waals surface area contributed by atoms with Crippen molar-refractivity contribution in [1.82, 2.24) is 9.97 Å². The van der Waals surface area contributed by atoms with Crippen molar-refractivity contribution in [3.8, 4) is 5.75 Å². The number of methoxy groups -OCH3 is 1. The summed E-state index contributed by atoms with van der Waals surface area (Å²) in [5.74, 6) is 0.707. The van der Waals surface area contributed by atoms with Gasteiger partial charge in [-0.2, -0.15) is 4.98 Å². The average Bonchev–Trinajstić information content (AvgIpc) is 2.87. The van der Waals surface area contributed by atoms with Crippen LogP contribution in [0.5, 0.6) is 5.75 Å². The van der Waals surface area contributed by atoms with E-state index in [-0.39, 0.29) is 37.8 Å². The topological polar surface area (TPSA) is 186 Å². The highest BCUT2D eigenvalue weighted by molar-refractivity contribution is 7.56. The van der Waals surface area contributed by atoms with Crippen molar-refractivity contribution >= 4 is 25.3 Å². The van der Waals surface area contributed by atoms with Crippen LogP contribution in [0.4, 0.5) is 11.8 Å². The number of aryl methyl sites for hydroxylation is 1. The Balaban J connectivity index is 2.27. The van der Waals surface area contributed by atoms with Crippen molar-refractivity contribution in [3.63, 3.8) is 0 Å². The van der Waals surface area contributed by atoms with Crippen molar-refractivity contribution in [2.75, 3.05) is 37.5 Å². The highest BCUT2D eigenvalue weighted by atomic mass is 31.2. The normalized spacial score (nSPS) is 13.9. The summed E-state index contributed by atoms with van der Waals surface area (Å²) in [6.07, 6.45) is 1.75. The largest absolute Gasteiger partial charge is 0.496 e. The predicted octanol–water partition coefficient (Wildman–Crippen LogP) is 3.70. The quantitative estimate of drug-likeness (QED) is 0.109. The third kappa shape index (κ3) is 8.21. The van der Waals surface area contributed by atoms with Crippen LogP contribution in [0, 0.1) is 11.8 Å². The van der Waals surface area contributed by atoms with Crippen molar-refractivity contribution in [2.24, 2.45) is 4.95 Å². The first-order chi connectivity index (χ1) is 17.9. The molecule has 2 aromatic rings. The number of carbonyl (C=O) groups excluding carboxylic acids is 1. The van der Waals surface area contributed by atoms with Crippen LogP contribution in [-0.2, 0) is 25.9 Å². The van der Waals surface area contributed by atoms with E-state index in [0.29, 0.717) is 29.2 Å². The molecular formula is C25H38N5O7P. The van der Waals surface area contributed by atoms with Crippen LogP contribution in [0.2, 0.25) is 0 Å². The maximum absolute atomic E-state index is 12.8. The van der Waals surface area contributed by atoms with Crippen LogP contribution in [-0.4, -0.2) is 58.5 Å². The van der Waals surface area contributed by atoms with Gasteiger partial charge >= 0.3 is 13.5 Å². The van der Waals surface area contributed by atoms with Gasteiger partial charge in [0.1, 0.15) is 11.6 Å². The first kappa shape index (κ1) is 31.1. The fourth-order valence-corrected chi connectivity index (χ4v) is 4.57. The maximum atomic E-state index is 12.8. The first-order valence-corrected chi connectivity index (χ1v) is 14.2. The minimum atomic E-state index is -4.07. The summed E-state index contributed by atoms with van der Waals surface area (Å²) in [5.41, 5.74) is 7.84. The second-order valence-corrected chi connectivity index (χ2v) is 11.5. The molecule has 0 saturated heterocycles. The first-order valence-electron chi connectivity index (χ1n) is 12.4. The summed E-state index contributed by atoms with van der Waals surface area (Å²) in [6, 6.07) is 5.26. The minimum absolute atomic E-state index is 0.0401. The molecule has 38 heavy (non-hydrogen) atoms. The van der Waals surface area contributed by atoms with Crippen LogP contribution in [0.3, 0.4) is 0 Å². The number of benzene rings is 1. The zero-order valence-electron chi connectivity index (χ0n) is 22.6. The lowest BCUT2D eigenvalue weighted by Gasteiger charge is -2.25. The summed E-state index contributed by atoms with van der Waals surface area (Å²) in [5, 5.41) is 13.0. The van der Waals surface area contributed by atoms with Crippen LogP contribution in [0.15, 0.2) is 23.1 Å². The Bertz CT molecular complexity index is 1180. The van der Waals surface area contributed by atoms with Crippen LogP contribution < -0.4 is 15.8 Å². The van der Waals surface area contributed by atoms with Gasteiger partial charge in [0, 0.05) is 22.6 Å². The molecule has 2 atom stereocenters. The van der Waals surface area contributed by atoms with Gasteiger partial charge in [0.25, 0.3) is 0 Å². The van der Waals surface area contributed by atoms with E-state index < -0.39 is 18.9 Å². The summed E-state index contributed by atoms with van der Waals surface area (Å²) < 4.78 is 22.3. The van der Waals surface area contributed by atoms with Gasteiger partial charge < -0.3 is 30.5 Å². The highest BCUT2D eigenvalue weighted by Crippen LogP contribution is 2.42. The van der Waals surface area contributed by atoms with E-state index in [1.165, 1.54) is 7.11 Å². The number of hydrogen-bond donors (Lipinski definition) is 4. The fourth-order valence-electron chi connectivity index (χ4n) is 3.94. The molecule has 12 nitrogen and oxygen atoms in total. The van der Waals surface area contributed by atoms with Crippen molar-refractivity contribution in [2.45, 2.75) is 64.8 Å². The van der Waals surface area contributed by atoms with E-state index in [1.807, 2.05) is 26.0 Å². The summed E-state index contributed by atoms with van der Waals surface area (Å²) in [7, 11) is -2.53. The van der Waals surface area contributed by atoms with Crippen molar-refractivity contribution in [1.29, 1.82) is 0 Å². The zero-order chi connectivity index (χ0) is 28.5. The number of aliphatic hydroxyl groups excluding tert-OH is 1. The van der Waals surface area contributed by atoms with Gasteiger partial charge in [0.05, 0.1) is 37.9 Å². The standard InChI is InChI=1S/C25H38N5O7P/c1-6-8-19(15-31)28-22-20(16(2)27-24(26)29-22)13-17-9-10-18(14-21(17)36-5)25(3,4)23(32)37-11-7-12-38(34,35)30-33/h9-10,14,19,31H,6-8,11-13,15H2,1-5H3,(H,34,35)(H3,26,27,28,29). The molecule has 0 bridgehead atoms. The SMILES string of the molecule is CCCC(CO)Nc1nc(N)nc(C)c1Cc1ccc(C(C)(C)C(=O)OCCCP(=O)(O)N=O)cc1OC. The number of nitrogens with two attached hydrogens (primary N) is 1. The number of nitroso groups, excluding NO2 is 1. The minimum Gasteiger partial charge on any atom is -0.496 e. The van der Waals surface area contributed by atoms with Crippen molar-refractivity contribution in [3.05, 3.63) is 45.5 Å². The molecule has 1 heterocycles. The number of esters is 1. The van der Waals surface area contributed by atoms with E-state index >= 15 is 0 Å². The Hall–Kier alpha value is -3.08. The Morgan fingerprint density at radius 2 is 2.03 bits per heavy atom. The lowest BCUT2D eigenvalue weighted by atomic mass is 9.83. The van der Waals surface area contributed by atoms with Gasteiger partial charge in [-0.1, -0.05) is 25.5 Å². The molecule has 0 aliphatic rings. The molecule has 0 fully saturated rings. The van der Waals surface area contributed by atoms with Crippen LogP contribution in [0.1, 0.15) is 62.4 Å². The molecule has 0 aliphatic carbocycles. The number of nitrogens with one attached hydrogen (secondary N) is 1. The summed E-state index contributed by atoms with van der Waals surface area (Å²) in [4.78, 5) is 43.3. The number of rotatable bonds is 15. The van der Waals surface area contributed by atoms with Gasteiger partial charge in [0.2, 0.25) is 5.95 Å². The predicted molar refractivity (Wildman–Crippen MR) is 145 cm³/mol. The molecule has 0 aliphatic heterocycles. The second-order valence-electron chi connectivity index (χ2n) is 9.59. The molecule has 0 amide bonds. The maximum Gasteiger partial charge on any atom is 0.350 e. The van der Waals surface area contributed by atoms with Gasteiger partial charge in [0.15, 0.2) is 0 Å². The molecule has 1 aromatic carbocycles. The number of nitrogens with zero attached hydrogens (tertiary/aromatic N) is 3. The molecule has 2 unspecified atom stereocenters. The highest BCUT2D eigenvalue weighted by Gasteiger charge is 2.32. The average molecular weight is 552 g/mol. The van der Waals surface area contributed by atoms with Gasteiger partial charge in [-0.15, -0.1) is 4.91 Å². The summed E-state index contributed by atoms with van der Waals surface area (Å²) >= 11 is 0. The van der Waals surface area contributed by atoms with E-state index in [0.717, 1.165) is 24.0 Å². The molecule has 0 saturated carbocycles. The Kier molecular flexibility index (Phi) is 11.2. The van der Waals surface area contributed by atoms with Crippen molar-refractivity contribution < 1.29 is 28.8 Å². The van der Waals surface area contributed by atoms with Gasteiger partial charge in [-0.3, -0.25) is 9.36 Å². The monoisotopic (exact) mass is 551 g/mol. The van der Waals surface area contributed by atoms with Crippen LogP contribution >= 0.6 is 7.52 Å². The fraction of sp³-hybridized carbons (Fsp3) is 0.560. The molecule has 2 rings (SSSR count). The van der Waals surface area contributed by atoms with E-state index in [2.05, 4.69) is 20.2 Å². The van der Waals surface area contributed by atoms with E-state index in [9.17, 15) is 24.3 Å². The zero-order valence-corrected chi connectivity index (χ0v) is 23.5. The number of nitrogen functional groups attached to an aromatic ring is 1. The Morgan fingerprint density at radius 3 is 2.63 bits per heavy atom. The third-order valence-corrected chi connectivity index (χ3v) is 7.42. The molecule has 0 radical (unpaired) electrons. The summed E-state index contributed by atoms with van der Waals surface area (Å²) in [6.45, 7) is 7.12. The number of aromatic nitrogens is 2. The smallest absolute Gasteiger partial charge is 0.350 e. The molecular weight excluding hydrogens is 513 g/mol. The number of ether oxygens (including phenoxy) is 2. The lowest BCUT2D eigenvalue weighted by Crippen LogP contribution is -2.31. The van der Waals surface area contributed by atoms with E-state index in [4.69, 9.17) is 15.2 Å². The Morgan fingerprint density at radius 1 is 1.32 bits per heavy atom. The Labute approximate surface area is 222 Å². The molecule has 210 valence electrons. The van der Waals surface area contributed by atoms with Crippen LogP contribution in [0.25, 0.3) is 0 Å². The third-order valence-electron chi connectivity index (χ3n) is 6.27. The molecule has 5 N–H and O–H groups in total. The van der Waals surface area contributed by atoms with Gasteiger partial charge in [-0.05, 0) is 50.8 Å². The lowest BCUT2D eigenvalue weighted by molar-refractivity contribution is -0.149. The number of hydrogen-bond acceptors (Lipinski definition) is 10. The molecule has 0 spiro atoms. The number of anilines is 2. The second kappa shape index (κ2) is 13.6. The molecule has 13 heteroatoms. The number of aliphatic hydroxyl groups is 1. The number of carbonyl (C=O) groups is 1. The van der Waals surface area contributed by atoms with E-state index in [1.54, 1.807) is 19.9 Å². The molecule has 1 aromatic heterocycles.